The molecule has 0 bridgehead atoms. The first-order chi connectivity index (χ1) is 12.1. The summed E-state index contributed by atoms with van der Waals surface area (Å²) in [6.07, 6.45) is 1.49. The number of piperazine rings is 1. The van der Waals surface area contributed by atoms with E-state index in [-0.39, 0.29) is 11.8 Å². The lowest BCUT2D eigenvalue weighted by Gasteiger charge is -2.34. The van der Waals surface area contributed by atoms with Crippen molar-refractivity contribution in [2.24, 2.45) is 0 Å². The van der Waals surface area contributed by atoms with Gasteiger partial charge < -0.3 is 19.2 Å². The lowest BCUT2D eigenvalue weighted by Crippen LogP contribution is -2.50. The van der Waals surface area contributed by atoms with Gasteiger partial charge in [0, 0.05) is 31.7 Å². The van der Waals surface area contributed by atoms with Crippen LogP contribution in [0.5, 0.6) is 0 Å². The standard InChI is InChI=1S/C18H18N4O3/c1-12-19-14-5-4-13(11-15(14)20-12)17(23)21-6-8-22(9-7-21)18(24)16-3-2-10-25-16/h2-5,10-11H,6-9H2,1H3,(H,19,20). The monoisotopic (exact) mass is 338 g/mol. The summed E-state index contributed by atoms with van der Waals surface area (Å²) in [5.41, 5.74) is 2.33. The Hall–Kier alpha value is -3.09. The number of benzene rings is 1. The molecule has 3 aromatic rings. The summed E-state index contributed by atoms with van der Waals surface area (Å²) in [5.74, 6) is 0.996. The first-order valence-corrected chi connectivity index (χ1v) is 8.20. The number of hydrogen-bond acceptors (Lipinski definition) is 4. The fraction of sp³-hybridized carbons (Fsp3) is 0.278. The molecule has 4 rings (SSSR count). The van der Waals surface area contributed by atoms with Crippen LogP contribution in [0.15, 0.2) is 41.0 Å². The maximum atomic E-state index is 12.7. The van der Waals surface area contributed by atoms with Crippen molar-refractivity contribution in [3.8, 4) is 0 Å². The number of aromatic nitrogens is 2. The van der Waals surface area contributed by atoms with Crippen LogP contribution in [0.4, 0.5) is 0 Å². The number of H-pyrrole nitrogens is 1. The minimum Gasteiger partial charge on any atom is -0.459 e. The molecule has 1 aromatic carbocycles. The summed E-state index contributed by atoms with van der Waals surface area (Å²) in [4.78, 5) is 36.0. The quantitative estimate of drug-likeness (QED) is 0.775. The van der Waals surface area contributed by atoms with Crippen LogP contribution in [0.3, 0.4) is 0 Å². The van der Waals surface area contributed by atoms with Crippen LogP contribution in [0, 0.1) is 6.92 Å². The van der Waals surface area contributed by atoms with Crippen molar-refractivity contribution in [1.29, 1.82) is 0 Å². The smallest absolute Gasteiger partial charge is 0.289 e. The van der Waals surface area contributed by atoms with Crippen molar-refractivity contribution in [3.05, 3.63) is 53.7 Å². The third-order valence-corrected chi connectivity index (χ3v) is 4.43. The van der Waals surface area contributed by atoms with Gasteiger partial charge in [-0.3, -0.25) is 9.59 Å². The molecule has 0 radical (unpaired) electrons. The predicted molar refractivity (Wildman–Crippen MR) is 91.3 cm³/mol. The molecule has 3 heterocycles. The molecule has 0 aliphatic carbocycles. The van der Waals surface area contributed by atoms with Crippen LogP contribution in [-0.2, 0) is 0 Å². The van der Waals surface area contributed by atoms with Gasteiger partial charge in [-0.2, -0.15) is 0 Å². The van der Waals surface area contributed by atoms with E-state index in [9.17, 15) is 9.59 Å². The topological polar surface area (TPSA) is 82.4 Å². The van der Waals surface area contributed by atoms with Crippen molar-refractivity contribution in [1.82, 2.24) is 19.8 Å². The van der Waals surface area contributed by atoms with E-state index < -0.39 is 0 Å². The molecular weight excluding hydrogens is 320 g/mol. The number of imidazole rings is 1. The zero-order valence-corrected chi connectivity index (χ0v) is 13.9. The molecule has 25 heavy (non-hydrogen) atoms. The highest BCUT2D eigenvalue weighted by molar-refractivity contribution is 5.97. The minimum atomic E-state index is -0.133. The molecule has 7 heteroatoms. The molecule has 2 amide bonds. The summed E-state index contributed by atoms with van der Waals surface area (Å²) in [5, 5.41) is 0. The second-order valence-corrected chi connectivity index (χ2v) is 6.12. The normalized spacial score (nSPS) is 14.9. The molecule has 0 spiro atoms. The number of aryl methyl sites for hydroxylation is 1. The largest absolute Gasteiger partial charge is 0.459 e. The molecule has 0 unspecified atom stereocenters. The highest BCUT2D eigenvalue weighted by Gasteiger charge is 2.26. The average Bonchev–Trinajstić information content (AvgIpc) is 3.28. The number of furan rings is 1. The van der Waals surface area contributed by atoms with Gasteiger partial charge >= 0.3 is 0 Å². The van der Waals surface area contributed by atoms with E-state index in [0.29, 0.717) is 37.5 Å². The highest BCUT2D eigenvalue weighted by Crippen LogP contribution is 2.17. The first kappa shape index (κ1) is 15.4. The SMILES string of the molecule is Cc1nc2ccc(C(=O)N3CCN(C(=O)c4ccco4)CC3)cc2[nH]1. The summed E-state index contributed by atoms with van der Waals surface area (Å²) in [6, 6.07) is 8.83. The van der Waals surface area contributed by atoms with Gasteiger partial charge in [0.1, 0.15) is 5.82 Å². The lowest BCUT2D eigenvalue weighted by atomic mass is 10.1. The van der Waals surface area contributed by atoms with Crippen LogP contribution in [0.25, 0.3) is 11.0 Å². The third kappa shape index (κ3) is 2.88. The maximum absolute atomic E-state index is 12.7. The Bertz CT molecular complexity index is 921. The van der Waals surface area contributed by atoms with Gasteiger partial charge in [0.25, 0.3) is 11.8 Å². The summed E-state index contributed by atoms with van der Waals surface area (Å²) < 4.78 is 5.15. The molecule has 7 nitrogen and oxygen atoms in total. The number of nitrogens with one attached hydrogen (secondary N) is 1. The molecule has 128 valence electrons. The van der Waals surface area contributed by atoms with E-state index in [1.807, 2.05) is 19.1 Å². The highest BCUT2D eigenvalue weighted by atomic mass is 16.3. The Morgan fingerprint density at radius 3 is 2.48 bits per heavy atom. The summed E-state index contributed by atoms with van der Waals surface area (Å²) in [6.45, 7) is 3.89. The number of fused-ring (bicyclic) bond motifs is 1. The van der Waals surface area contributed by atoms with Crippen molar-refractivity contribution in [2.75, 3.05) is 26.2 Å². The van der Waals surface area contributed by atoms with Crippen LogP contribution in [-0.4, -0.2) is 57.8 Å². The minimum absolute atomic E-state index is 0.0285. The van der Waals surface area contributed by atoms with Gasteiger partial charge in [-0.1, -0.05) is 0 Å². The van der Waals surface area contributed by atoms with E-state index >= 15 is 0 Å². The van der Waals surface area contributed by atoms with Crippen LogP contribution < -0.4 is 0 Å². The number of nitrogens with zero attached hydrogens (tertiary/aromatic N) is 3. The van der Waals surface area contributed by atoms with Gasteiger partial charge in [-0.15, -0.1) is 0 Å². The number of amides is 2. The van der Waals surface area contributed by atoms with Crippen LogP contribution in [0.1, 0.15) is 26.7 Å². The maximum Gasteiger partial charge on any atom is 0.289 e. The molecule has 1 saturated heterocycles. The molecule has 1 aliphatic heterocycles. The third-order valence-electron chi connectivity index (χ3n) is 4.43. The Balaban J connectivity index is 1.44. The Morgan fingerprint density at radius 1 is 1.08 bits per heavy atom. The number of rotatable bonds is 2. The Labute approximate surface area is 144 Å². The molecule has 0 saturated carbocycles. The Morgan fingerprint density at radius 2 is 1.80 bits per heavy atom. The van der Waals surface area contributed by atoms with Gasteiger partial charge in [-0.25, -0.2) is 4.98 Å². The number of aromatic amines is 1. The average molecular weight is 338 g/mol. The zero-order chi connectivity index (χ0) is 17.4. The number of carbonyl (C=O) groups excluding carboxylic acids is 2. The van der Waals surface area contributed by atoms with E-state index in [1.54, 1.807) is 28.0 Å². The summed E-state index contributed by atoms with van der Waals surface area (Å²) in [7, 11) is 0. The van der Waals surface area contributed by atoms with Crippen molar-refractivity contribution < 1.29 is 14.0 Å². The van der Waals surface area contributed by atoms with Crippen molar-refractivity contribution in [2.45, 2.75) is 6.92 Å². The molecule has 1 aliphatic rings. The molecule has 2 aromatic heterocycles. The summed E-state index contributed by atoms with van der Waals surface area (Å²) >= 11 is 0. The lowest BCUT2D eigenvalue weighted by molar-refractivity contribution is 0.0518. The fourth-order valence-corrected chi connectivity index (χ4v) is 3.12. The predicted octanol–water partition coefficient (Wildman–Crippen LogP) is 2.06. The number of hydrogen-bond donors (Lipinski definition) is 1. The van der Waals surface area contributed by atoms with Gasteiger partial charge in [-0.05, 0) is 37.3 Å². The first-order valence-electron chi connectivity index (χ1n) is 8.20. The van der Waals surface area contributed by atoms with Gasteiger partial charge in [0.05, 0.1) is 17.3 Å². The van der Waals surface area contributed by atoms with Crippen molar-refractivity contribution in [3.63, 3.8) is 0 Å². The molecular formula is C18H18N4O3. The van der Waals surface area contributed by atoms with Gasteiger partial charge in [0.2, 0.25) is 0 Å². The second kappa shape index (κ2) is 6.08. The molecule has 1 N–H and O–H groups in total. The Kier molecular flexibility index (Phi) is 3.76. The number of carbonyl (C=O) groups is 2. The molecule has 0 atom stereocenters. The zero-order valence-electron chi connectivity index (χ0n) is 13.9. The van der Waals surface area contributed by atoms with Crippen molar-refractivity contribution >= 4 is 22.8 Å². The van der Waals surface area contributed by atoms with Crippen LogP contribution in [0.2, 0.25) is 0 Å². The van der Waals surface area contributed by atoms with Crippen LogP contribution >= 0.6 is 0 Å². The molecule has 1 fully saturated rings. The van der Waals surface area contributed by atoms with E-state index in [0.717, 1.165) is 16.9 Å². The van der Waals surface area contributed by atoms with E-state index in [1.165, 1.54) is 6.26 Å². The van der Waals surface area contributed by atoms with Gasteiger partial charge in [0.15, 0.2) is 5.76 Å². The second-order valence-electron chi connectivity index (χ2n) is 6.12. The van der Waals surface area contributed by atoms with E-state index in [2.05, 4.69) is 9.97 Å². The van der Waals surface area contributed by atoms with E-state index in [4.69, 9.17) is 4.42 Å². The fourth-order valence-electron chi connectivity index (χ4n) is 3.12.